The Kier molecular flexibility index (Phi) is 6.56. The minimum Gasteiger partial charge on any atom is -0.299 e. The number of nitriles is 1. The van der Waals surface area contributed by atoms with Crippen molar-refractivity contribution in [2.24, 2.45) is 0 Å². The van der Waals surface area contributed by atoms with E-state index >= 15 is 0 Å². The summed E-state index contributed by atoms with van der Waals surface area (Å²) in [5.74, 6) is -0.0642. The number of aromatic nitrogens is 2. The first-order chi connectivity index (χ1) is 13.7. The lowest BCUT2D eigenvalue weighted by atomic mass is 9.68. The summed E-state index contributed by atoms with van der Waals surface area (Å²) in [5, 5.41) is 9.10. The first-order valence-corrected chi connectivity index (χ1v) is 10.4. The van der Waals surface area contributed by atoms with Crippen LogP contribution in [-0.4, -0.2) is 15.8 Å². The zero-order valence-electron chi connectivity index (χ0n) is 15.6. The molecule has 0 amide bonds. The van der Waals surface area contributed by atoms with Crippen LogP contribution in [0.1, 0.15) is 61.2 Å². The third-order valence-electron chi connectivity index (χ3n) is 5.38. The Balaban J connectivity index is 1.84. The number of alkyl halides is 3. The SMILES string of the molecule is N#Cc1nccc(C2(CC(=O)Cc3ccc(I)c(C(F)(F)F)c3)CCCCC2)n1. The summed E-state index contributed by atoms with van der Waals surface area (Å²) < 4.78 is 39.6. The third-order valence-corrected chi connectivity index (χ3v) is 6.32. The fourth-order valence-electron chi connectivity index (χ4n) is 4.03. The second-order valence-electron chi connectivity index (χ2n) is 7.42. The number of ketones is 1. The molecule has 0 unspecified atom stereocenters. The number of hydrogen-bond acceptors (Lipinski definition) is 4. The standard InChI is InChI=1S/C21H19F3IN3O/c22-21(23,24)16-11-14(4-5-17(16)25)10-15(29)12-20(7-2-1-3-8-20)18-6-9-27-19(13-26)28-18/h4-6,9,11H,1-3,7-8,10,12H2. The molecule has 1 aliphatic rings. The van der Waals surface area contributed by atoms with Crippen LogP contribution in [0.4, 0.5) is 13.2 Å². The van der Waals surface area contributed by atoms with Gasteiger partial charge in [-0.1, -0.05) is 25.3 Å². The monoisotopic (exact) mass is 513 g/mol. The summed E-state index contributed by atoms with van der Waals surface area (Å²) >= 11 is 1.65. The number of nitrogens with zero attached hydrogens (tertiary/aromatic N) is 3. The molecule has 0 aliphatic heterocycles. The molecule has 4 nitrogen and oxygen atoms in total. The van der Waals surface area contributed by atoms with E-state index in [2.05, 4.69) is 9.97 Å². The van der Waals surface area contributed by atoms with Gasteiger partial charge in [0.2, 0.25) is 5.82 Å². The van der Waals surface area contributed by atoms with Crippen molar-refractivity contribution in [1.29, 1.82) is 5.26 Å². The van der Waals surface area contributed by atoms with E-state index in [1.807, 2.05) is 6.07 Å². The van der Waals surface area contributed by atoms with Gasteiger partial charge in [-0.15, -0.1) is 0 Å². The average molecular weight is 513 g/mol. The molecule has 29 heavy (non-hydrogen) atoms. The molecule has 1 fully saturated rings. The Bertz CT molecular complexity index is 947. The molecular weight excluding hydrogens is 494 g/mol. The molecule has 0 saturated heterocycles. The number of hydrogen-bond donors (Lipinski definition) is 0. The van der Waals surface area contributed by atoms with Crippen LogP contribution >= 0.6 is 22.6 Å². The van der Waals surface area contributed by atoms with Crippen LogP contribution in [0.3, 0.4) is 0 Å². The van der Waals surface area contributed by atoms with Crippen molar-refractivity contribution in [3.8, 4) is 6.07 Å². The number of Topliss-reactive ketones (excluding diaryl/α,β-unsaturated/α-hetero) is 1. The molecule has 0 N–H and O–H groups in total. The number of carbonyl (C=O) groups excluding carboxylic acids is 1. The van der Waals surface area contributed by atoms with Crippen LogP contribution in [0.25, 0.3) is 0 Å². The second kappa shape index (κ2) is 8.78. The largest absolute Gasteiger partial charge is 0.417 e. The summed E-state index contributed by atoms with van der Waals surface area (Å²) in [5.41, 5.74) is -0.171. The van der Waals surface area contributed by atoms with Gasteiger partial charge in [-0.25, -0.2) is 9.97 Å². The Hall–Kier alpha value is -2.02. The van der Waals surface area contributed by atoms with Gasteiger partial charge >= 0.3 is 6.18 Å². The number of carbonyl (C=O) groups is 1. The smallest absolute Gasteiger partial charge is 0.299 e. The highest BCUT2D eigenvalue weighted by Gasteiger charge is 2.38. The number of benzene rings is 1. The van der Waals surface area contributed by atoms with Crippen LogP contribution in [0.15, 0.2) is 30.5 Å². The third kappa shape index (κ3) is 5.13. The zero-order valence-corrected chi connectivity index (χ0v) is 17.8. The molecule has 0 radical (unpaired) electrons. The summed E-state index contributed by atoms with van der Waals surface area (Å²) in [6, 6.07) is 7.70. The predicted octanol–water partition coefficient (Wildman–Crippen LogP) is 5.38. The molecule has 152 valence electrons. The van der Waals surface area contributed by atoms with E-state index < -0.39 is 17.2 Å². The summed E-state index contributed by atoms with van der Waals surface area (Å²) in [4.78, 5) is 21.1. The van der Waals surface area contributed by atoms with Gasteiger partial charge in [0.25, 0.3) is 0 Å². The molecule has 0 atom stereocenters. The van der Waals surface area contributed by atoms with E-state index in [0.29, 0.717) is 11.3 Å². The molecule has 1 aromatic carbocycles. The lowest BCUT2D eigenvalue weighted by Gasteiger charge is -2.36. The van der Waals surface area contributed by atoms with E-state index in [4.69, 9.17) is 5.26 Å². The van der Waals surface area contributed by atoms with Gasteiger partial charge in [0.05, 0.1) is 11.3 Å². The zero-order chi connectivity index (χ0) is 21.1. The van der Waals surface area contributed by atoms with Crippen LogP contribution in [0.2, 0.25) is 0 Å². The van der Waals surface area contributed by atoms with Gasteiger partial charge in [0, 0.05) is 28.0 Å². The van der Waals surface area contributed by atoms with Crippen molar-refractivity contribution in [3.05, 3.63) is 56.7 Å². The first-order valence-electron chi connectivity index (χ1n) is 9.34. The lowest BCUT2D eigenvalue weighted by molar-refractivity contribution is -0.138. The normalized spacial score (nSPS) is 16.2. The van der Waals surface area contributed by atoms with Gasteiger partial charge in [-0.05, 0) is 59.2 Å². The van der Waals surface area contributed by atoms with Crippen molar-refractivity contribution < 1.29 is 18.0 Å². The van der Waals surface area contributed by atoms with E-state index in [9.17, 15) is 18.0 Å². The average Bonchev–Trinajstić information content (AvgIpc) is 2.69. The molecule has 1 aliphatic carbocycles. The molecule has 0 bridgehead atoms. The summed E-state index contributed by atoms with van der Waals surface area (Å²) in [6.45, 7) is 0. The minimum absolute atomic E-state index is 0.0576. The first kappa shape index (κ1) is 21.7. The van der Waals surface area contributed by atoms with Crippen molar-refractivity contribution in [1.82, 2.24) is 9.97 Å². The van der Waals surface area contributed by atoms with Gasteiger partial charge in [0.1, 0.15) is 11.9 Å². The highest BCUT2D eigenvalue weighted by atomic mass is 127. The van der Waals surface area contributed by atoms with Crippen molar-refractivity contribution in [2.45, 2.75) is 56.5 Å². The van der Waals surface area contributed by atoms with E-state index in [1.54, 1.807) is 34.7 Å². The molecule has 1 heterocycles. The van der Waals surface area contributed by atoms with E-state index in [0.717, 1.165) is 38.2 Å². The highest BCUT2D eigenvalue weighted by molar-refractivity contribution is 14.1. The van der Waals surface area contributed by atoms with E-state index in [-0.39, 0.29) is 28.0 Å². The summed E-state index contributed by atoms with van der Waals surface area (Å²) in [7, 11) is 0. The van der Waals surface area contributed by atoms with Crippen LogP contribution in [-0.2, 0) is 22.8 Å². The topological polar surface area (TPSA) is 66.6 Å². The molecular formula is C21H19F3IN3O. The second-order valence-corrected chi connectivity index (χ2v) is 8.58. The van der Waals surface area contributed by atoms with Crippen molar-refractivity contribution >= 4 is 28.4 Å². The molecule has 1 saturated carbocycles. The quantitative estimate of drug-likeness (QED) is 0.504. The maximum atomic E-state index is 13.2. The molecule has 8 heteroatoms. The van der Waals surface area contributed by atoms with E-state index in [1.165, 1.54) is 12.3 Å². The van der Waals surface area contributed by atoms with Gasteiger partial charge in [0.15, 0.2) is 0 Å². The van der Waals surface area contributed by atoms with Crippen molar-refractivity contribution in [3.63, 3.8) is 0 Å². The van der Waals surface area contributed by atoms with Crippen LogP contribution < -0.4 is 0 Å². The Labute approximate surface area is 180 Å². The summed E-state index contributed by atoms with van der Waals surface area (Å²) in [6.07, 6.45) is 1.70. The molecule has 3 rings (SSSR count). The molecule has 1 aromatic heterocycles. The molecule has 2 aromatic rings. The maximum absolute atomic E-state index is 13.2. The Morgan fingerprint density at radius 3 is 2.59 bits per heavy atom. The van der Waals surface area contributed by atoms with Gasteiger partial charge in [-0.3, -0.25) is 4.79 Å². The number of rotatable bonds is 5. The number of halogens is 4. The minimum atomic E-state index is -4.45. The molecule has 0 spiro atoms. The fourth-order valence-corrected chi connectivity index (χ4v) is 4.67. The van der Waals surface area contributed by atoms with Gasteiger partial charge in [-0.2, -0.15) is 18.4 Å². The van der Waals surface area contributed by atoms with Gasteiger partial charge < -0.3 is 0 Å². The lowest BCUT2D eigenvalue weighted by Crippen LogP contribution is -2.33. The van der Waals surface area contributed by atoms with Crippen LogP contribution in [0, 0.1) is 14.9 Å². The predicted molar refractivity (Wildman–Crippen MR) is 109 cm³/mol. The maximum Gasteiger partial charge on any atom is 0.417 e. The van der Waals surface area contributed by atoms with Crippen LogP contribution in [0.5, 0.6) is 0 Å². The Morgan fingerprint density at radius 2 is 1.93 bits per heavy atom. The highest BCUT2D eigenvalue weighted by Crippen LogP contribution is 2.42. The fraction of sp³-hybridized carbons (Fsp3) is 0.429. The Morgan fingerprint density at radius 1 is 1.21 bits per heavy atom. The van der Waals surface area contributed by atoms with Crippen molar-refractivity contribution in [2.75, 3.05) is 0 Å².